The van der Waals surface area contributed by atoms with Crippen LogP contribution in [0.3, 0.4) is 0 Å². The molecule has 0 spiro atoms. The van der Waals surface area contributed by atoms with Crippen LogP contribution < -0.4 is 10.2 Å². The number of carbonyl (C=O) groups excluding carboxylic acids is 2. The molecule has 0 atom stereocenters. The predicted octanol–water partition coefficient (Wildman–Crippen LogP) is 2.73. The molecule has 2 rings (SSSR count). The smallest absolute Gasteiger partial charge is 0.227 e. The first-order valence-electron chi connectivity index (χ1n) is 9.22. The second-order valence-corrected chi connectivity index (χ2v) is 7.41. The highest BCUT2D eigenvalue weighted by Crippen LogP contribution is 2.31. The fraction of sp³-hybridized carbons (Fsp3) is 0.600. The molecule has 1 saturated carbocycles. The third-order valence-corrected chi connectivity index (χ3v) is 4.51. The Morgan fingerprint density at radius 3 is 2.50 bits per heavy atom. The Morgan fingerprint density at radius 2 is 1.96 bits per heavy atom. The second-order valence-electron chi connectivity index (χ2n) is 7.41. The van der Waals surface area contributed by atoms with Crippen LogP contribution in [0.1, 0.15) is 32.3 Å². The Kier molecular flexibility index (Phi) is 7.03. The van der Waals surface area contributed by atoms with Crippen molar-refractivity contribution < 1.29 is 14.3 Å². The molecule has 1 fully saturated rings. The number of hydrogen-bond donors (Lipinski definition) is 1. The molecule has 1 aliphatic rings. The molecule has 26 heavy (non-hydrogen) atoms. The lowest BCUT2D eigenvalue weighted by Crippen LogP contribution is -2.36. The molecule has 1 aromatic rings. The van der Waals surface area contributed by atoms with Gasteiger partial charge in [0.1, 0.15) is 0 Å². The zero-order valence-corrected chi connectivity index (χ0v) is 16.5. The lowest BCUT2D eigenvalue weighted by Gasteiger charge is -2.27. The maximum absolute atomic E-state index is 12.6. The SMILES string of the molecule is COCCN(Cc1cc(NC(=O)C2CC2)ccc1N(C)C)C(=O)C(C)C. The summed E-state index contributed by atoms with van der Waals surface area (Å²) in [5.74, 6) is 0.266. The van der Waals surface area contributed by atoms with Gasteiger partial charge in [-0.05, 0) is 36.6 Å². The maximum atomic E-state index is 12.6. The molecule has 2 amide bonds. The van der Waals surface area contributed by atoms with Crippen LogP contribution in [0.15, 0.2) is 18.2 Å². The van der Waals surface area contributed by atoms with Crippen LogP contribution in [0.2, 0.25) is 0 Å². The van der Waals surface area contributed by atoms with Crippen LogP contribution in [0, 0.1) is 11.8 Å². The summed E-state index contributed by atoms with van der Waals surface area (Å²) in [6, 6.07) is 5.89. The van der Waals surface area contributed by atoms with Gasteiger partial charge in [0.2, 0.25) is 11.8 Å². The lowest BCUT2D eigenvalue weighted by atomic mass is 10.1. The Balaban J connectivity index is 2.23. The molecule has 1 aliphatic carbocycles. The molecule has 144 valence electrons. The van der Waals surface area contributed by atoms with Crippen molar-refractivity contribution >= 4 is 23.2 Å². The fourth-order valence-corrected chi connectivity index (χ4v) is 2.86. The van der Waals surface area contributed by atoms with Crippen molar-refractivity contribution in [2.45, 2.75) is 33.2 Å². The topological polar surface area (TPSA) is 61.9 Å². The summed E-state index contributed by atoms with van der Waals surface area (Å²) in [6.07, 6.45) is 1.95. The molecule has 6 heteroatoms. The third-order valence-electron chi connectivity index (χ3n) is 4.51. The summed E-state index contributed by atoms with van der Waals surface area (Å²) < 4.78 is 5.17. The number of hydrogen-bond acceptors (Lipinski definition) is 4. The van der Waals surface area contributed by atoms with E-state index in [9.17, 15) is 9.59 Å². The molecule has 0 aliphatic heterocycles. The number of methoxy groups -OCH3 is 1. The molecule has 0 bridgehead atoms. The van der Waals surface area contributed by atoms with Crippen molar-refractivity contribution in [3.8, 4) is 0 Å². The molecule has 0 unspecified atom stereocenters. The van der Waals surface area contributed by atoms with E-state index in [4.69, 9.17) is 4.74 Å². The van der Waals surface area contributed by atoms with Gasteiger partial charge in [0.05, 0.1) is 6.61 Å². The van der Waals surface area contributed by atoms with E-state index < -0.39 is 0 Å². The van der Waals surface area contributed by atoms with Crippen molar-refractivity contribution in [3.63, 3.8) is 0 Å². The highest BCUT2D eigenvalue weighted by molar-refractivity contribution is 5.94. The number of carbonyl (C=O) groups is 2. The Morgan fingerprint density at radius 1 is 1.27 bits per heavy atom. The zero-order chi connectivity index (χ0) is 19.3. The van der Waals surface area contributed by atoms with Crippen LogP contribution in [-0.2, 0) is 20.9 Å². The summed E-state index contributed by atoms with van der Waals surface area (Å²) in [5, 5.41) is 2.99. The number of nitrogens with one attached hydrogen (secondary N) is 1. The van der Waals surface area contributed by atoms with Crippen LogP contribution in [-0.4, -0.2) is 51.1 Å². The normalized spacial score (nSPS) is 13.6. The number of anilines is 2. The van der Waals surface area contributed by atoms with E-state index in [1.807, 2.05) is 55.9 Å². The summed E-state index contributed by atoms with van der Waals surface area (Å²) in [5.41, 5.74) is 2.83. The van der Waals surface area contributed by atoms with Crippen molar-refractivity contribution in [2.24, 2.45) is 11.8 Å². The standard InChI is InChI=1S/C20H31N3O3/c1-14(2)20(25)23(10-11-26-5)13-16-12-17(8-9-18(16)22(3)4)21-19(24)15-6-7-15/h8-9,12,14-15H,6-7,10-11,13H2,1-5H3,(H,21,24). The average molecular weight is 361 g/mol. The lowest BCUT2D eigenvalue weighted by molar-refractivity contribution is -0.135. The first-order valence-corrected chi connectivity index (χ1v) is 9.22. The summed E-state index contributed by atoms with van der Waals surface area (Å²) in [7, 11) is 5.59. The molecule has 6 nitrogen and oxygen atoms in total. The zero-order valence-electron chi connectivity index (χ0n) is 16.5. The summed E-state index contributed by atoms with van der Waals surface area (Å²) in [6.45, 7) is 5.33. The van der Waals surface area contributed by atoms with Crippen LogP contribution in [0.4, 0.5) is 11.4 Å². The number of ether oxygens (including phenoxy) is 1. The molecule has 1 aromatic carbocycles. The quantitative estimate of drug-likeness (QED) is 0.735. The van der Waals surface area contributed by atoms with Crippen molar-refractivity contribution in [2.75, 3.05) is 44.6 Å². The largest absolute Gasteiger partial charge is 0.383 e. The number of rotatable bonds is 9. The molecule has 0 radical (unpaired) electrons. The average Bonchev–Trinajstić information content (AvgIpc) is 3.42. The van der Waals surface area contributed by atoms with Crippen molar-refractivity contribution in [1.82, 2.24) is 4.90 Å². The van der Waals surface area contributed by atoms with Crippen molar-refractivity contribution in [3.05, 3.63) is 23.8 Å². The van der Waals surface area contributed by atoms with Gasteiger partial charge in [-0.2, -0.15) is 0 Å². The van der Waals surface area contributed by atoms with Crippen LogP contribution in [0.25, 0.3) is 0 Å². The molecule has 0 aromatic heterocycles. The highest BCUT2D eigenvalue weighted by Gasteiger charge is 2.29. The predicted molar refractivity (Wildman–Crippen MR) is 104 cm³/mol. The van der Waals surface area contributed by atoms with Gasteiger partial charge in [0.25, 0.3) is 0 Å². The van der Waals surface area contributed by atoms with Gasteiger partial charge in [-0.1, -0.05) is 13.8 Å². The molecule has 0 saturated heterocycles. The van der Waals surface area contributed by atoms with E-state index >= 15 is 0 Å². The molecular weight excluding hydrogens is 330 g/mol. The van der Waals surface area contributed by atoms with Crippen LogP contribution >= 0.6 is 0 Å². The first-order chi connectivity index (χ1) is 12.3. The minimum absolute atomic E-state index is 0.0765. The Hall–Kier alpha value is -2.08. The van der Waals surface area contributed by atoms with Gasteiger partial charge in [0.15, 0.2) is 0 Å². The second kappa shape index (κ2) is 9.03. The molecule has 1 N–H and O–H groups in total. The van der Waals surface area contributed by atoms with Gasteiger partial charge >= 0.3 is 0 Å². The molecular formula is C20H31N3O3. The van der Waals surface area contributed by atoms with Gasteiger partial charge in [0, 0.05) is 57.5 Å². The highest BCUT2D eigenvalue weighted by atomic mass is 16.5. The third kappa shape index (κ3) is 5.46. The summed E-state index contributed by atoms with van der Waals surface area (Å²) in [4.78, 5) is 28.5. The van der Waals surface area contributed by atoms with E-state index in [2.05, 4.69) is 5.32 Å². The van der Waals surface area contributed by atoms with Crippen molar-refractivity contribution in [1.29, 1.82) is 0 Å². The minimum atomic E-state index is -0.0765. The number of nitrogens with zero attached hydrogens (tertiary/aromatic N) is 2. The minimum Gasteiger partial charge on any atom is -0.383 e. The van der Waals surface area contributed by atoms with Gasteiger partial charge in [-0.25, -0.2) is 0 Å². The van der Waals surface area contributed by atoms with E-state index in [1.165, 1.54) is 0 Å². The number of benzene rings is 1. The molecule has 0 heterocycles. The van der Waals surface area contributed by atoms with E-state index in [-0.39, 0.29) is 23.7 Å². The van der Waals surface area contributed by atoms with Crippen LogP contribution in [0.5, 0.6) is 0 Å². The van der Waals surface area contributed by atoms with Gasteiger partial charge in [-0.15, -0.1) is 0 Å². The number of amides is 2. The Bertz CT molecular complexity index is 639. The van der Waals surface area contributed by atoms with E-state index in [0.29, 0.717) is 19.7 Å². The summed E-state index contributed by atoms with van der Waals surface area (Å²) >= 11 is 0. The maximum Gasteiger partial charge on any atom is 0.227 e. The Labute approximate surface area is 156 Å². The van der Waals surface area contributed by atoms with E-state index in [1.54, 1.807) is 7.11 Å². The first kappa shape index (κ1) is 20.2. The fourth-order valence-electron chi connectivity index (χ4n) is 2.86. The van der Waals surface area contributed by atoms with Gasteiger partial charge < -0.3 is 19.9 Å². The monoisotopic (exact) mass is 361 g/mol. The van der Waals surface area contributed by atoms with E-state index in [0.717, 1.165) is 29.8 Å². The van der Waals surface area contributed by atoms with Gasteiger partial charge in [-0.3, -0.25) is 9.59 Å².